The van der Waals surface area contributed by atoms with Crippen LogP contribution in [0.2, 0.25) is 0 Å². The molecule has 2 nitrogen and oxygen atoms in total. The van der Waals surface area contributed by atoms with Gasteiger partial charge in [0.15, 0.2) is 0 Å². The van der Waals surface area contributed by atoms with Crippen molar-refractivity contribution in [3.63, 3.8) is 0 Å². The Morgan fingerprint density at radius 2 is 1.86 bits per heavy atom. The van der Waals surface area contributed by atoms with Crippen LogP contribution in [0.1, 0.15) is 58.6 Å². The Bertz CT molecular complexity index is 423. The lowest BCUT2D eigenvalue weighted by Crippen LogP contribution is -2.40. The van der Waals surface area contributed by atoms with Gasteiger partial charge < -0.3 is 10.5 Å². The van der Waals surface area contributed by atoms with Crippen LogP contribution in [0, 0.1) is 17.3 Å². The Hall–Kier alpha value is -0.860. The van der Waals surface area contributed by atoms with Crippen molar-refractivity contribution in [2.75, 3.05) is 6.54 Å². The molecule has 1 aromatic carbocycles. The molecule has 1 saturated carbocycles. The zero-order valence-electron chi connectivity index (χ0n) is 14.0. The summed E-state index contributed by atoms with van der Waals surface area (Å²) in [6.45, 7) is 9.93. The number of rotatable bonds is 4. The minimum atomic E-state index is 0.143. The normalized spacial score (nSPS) is 28.3. The van der Waals surface area contributed by atoms with Gasteiger partial charge >= 0.3 is 0 Å². The summed E-state index contributed by atoms with van der Waals surface area (Å²) in [7, 11) is 0. The van der Waals surface area contributed by atoms with Gasteiger partial charge in [0.1, 0.15) is 0 Å². The van der Waals surface area contributed by atoms with Gasteiger partial charge in [0.25, 0.3) is 0 Å². The molecule has 0 amide bonds. The SMILES string of the molecule is CC(OC1CC(C(C)(C)C)CCC1CN)c1ccccc1. The maximum absolute atomic E-state index is 6.43. The summed E-state index contributed by atoms with van der Waals surface area (Å²) in [6.07, 6.45) is 4.06. The second-order valence-electron chi connectivity index (χ2n) is 7.60. The van der Waals surface area contributed by atoms with Crippen molar-refractivity contribution in [1.29, 1.82) is 0 Å². The highest BCUT2D eigenvalue weighted by atomic mass is 16.5. The molecule has 0 radical (unpaired) electrons. The van der Waals surface area contributed by atoms with Crippen molar-refractivity contribution in [2.24, 2.45) is 23.0 Å². The van der Waals surface area contributed by atoms with E-state index in [-0.39, 0.29) is 6.10 Å². The van der Waals surface area contributed by atoms with E-state index in [1.165, 1.54) is 18.4 Å². The van der Waals surface area contributed by atoms with E-state index >= 15 is 0 Å². The van der Waals surface area contributed by atoms with Gasteiger partial charge in [-0.1, -0.05) is 51.1 Å². The van der Waals surface area contributed by atoms with Gasteiger partial charge in [-0.05, 0) is 55.5 Å². The molecule has 0 bridgehead atoms. The molecular weight excluding hydrogens is 258 g/mol. The van der Waals surface area contributed by atoms with Crippen molar-refractivity contribution in [3.8, 4) is 0 Å². The van der Waals surface area contributed by atoms with Crippen LogP contribution in [-0.2, 0) is 4.74 Å². The van der Waals surface area contributed by atoms with Crippen molar-refractivity contribution in [1.82, 2.24) is 0 Å². The van der Waals surface area contributed by atoms with E-state index in [1.807, 2.05) is 0 Å². The first-order valence-corrected chi connectivity index (χ1v) is 8.32. The Balaban J connectivity index is 2.04. The van der Waals surface area contributed by atoms with Gasteiger partial charge in [-0.15, -0.1) is 0 Å². The van der Waals surface area contributed by atoms with E-state index in [4.69, 9.17) is 10.5 Å². The number of hydrogen-bond donors (Lipinski definition) is 1. The quantitative estimate of drug-likeness (QED) is 0.882. The van der Waals surface area contributed by atoms with Crippen LogP contribution in [0.5, 0.6) is 0 Å². The van der Waals surface area contributed by atoms with Crippen LogP contribution >= 0.6 is 0 Å². The molecule has 0 saturated heterocycles. The number of benzene rings is 1. The molecule has 4 unspecified atom stereocenters. The van der Waals surface area contributed by atoms with Gasteiger partial charge in [0.2, 0.25) is 0 Å². The van der Waals surface area contributed by atoms with Gasteiger partial charge in [-0.3, -0.25) is 0 Å². The van der Waals surface area contributed by atoms with E-state index in [0.29, 0.717) is 17.4 Å². The van der Waals surface area contributed by atoms with Crippen LogP contribution in [0.3, 0.4) is 0 Å². The average molecular weight is 289 g/mol. The van der Waals surface area contributed by atoms with Gasteiger partial charge in [-0.25, -0.2) is 0 Å². The largest absolute Gasteiger partial charge is 0.370 e. The zero-order chi connectivity index (χ0) is 15.5. The standard InChI is InChI=1S/C19H31NO/c1-14(15-8-6-5-7-9-15)21-18-12-17(19(2,3)4)11-10-16(18)13-20/h5-9,14,16-18H,10-13,20H2,1-4H3. The minimum Gasteiger partial charge on any atom is -0.370 e. The maximum atomic E-state index is 6.43. The first-order valence-electron chi connectivity index (χ1n) is 8.32. The molecule has 118 valence electrons. The summed E-state index contributed by atoms with van der Waals surface area (Å²) >= 11 is 0. The molecule has 2 N–H and O–H groups in total. The van der Waals surface area contributed by atoms with Crippen LogP contribution in [0.25, 0.3) is 0 Å². The monoisotopic (exact) mass is 289 g/mol. The van der Waals surface area contributed by atoms with E-state index in [2.05, 4.69) is 58.0 Å². The fraction of sp³-hybridized carbons (Fsp3) is 0.684. The summed E-state index contributed by atoms with van der Waals surface area (Å²) < 4.78 is 6.43. The van der Waals surface area contributed by atoms with Crippen molar-refractivity contribution >= 4 is 0 Å². The van der Waals surface area contributed by atoms with Crippen molar-refractivity contribution in [2.45, 2.75) is 59.2 Å². The van der Waals surface area contributed by atoms with Crippen molar-refractivity contribution in [3.05, 3.63) is 35.9 Å². The average Bonchev–Trinajstić information content (AvgIpc) is 2.47. The summed E-state index contributed by atoms with van der Waals surface area (Å²) in [5.41, 5.74) is 7.60. The molecule has 1 fully saturated rings. The molecule has 0 aromatic heterocycles. The molecule has 2 rings (SSSR count). The molecule has 1 aromatic rings. The Morgan fingerprint density at radius 3 is 2.43 bits per heavy atom. The third-order valence-corrected chi connectivity index (χ3v) is 5.10. The number of nitrogens with two attached hydrogens (primary N) is 1. The first-order chi connectivity index (χ1) is 9.91. The van der Waals surface area contributed by atoms with Crippen LogP contribution in [0.15, 0.2) is 30.3 Å². The summed E-state index contributed by atoms with van der Waals surface area (Å²) in [6, 6.07) is 10.5. The molecule has 2 heteroatoms. The van der Waals surface area contributed by atoms with Crippen LogP contribution in [-0.4, -0.2) is 12.6 Å². The topological polar surface area (TPSA) is 35.2 Å². The van der Waals surface area contributed by atoms with E-state index in [9.17, 15) is 0 Å². The molecule has 21 heavy (non-hydrogen) atoms. The highest BCUT2D eigenvalue weighted by Crippen LogP contribution is 2.41. The Labute approximate surface area is 130 Å². The third kappa shape index (κ3) is 4.31. The second kappa shape index (κ2) is 6.93. The van der Waals surface area contributed by atoms with E-state index in [0.717, 1.165) is 18.9 Å². The lowest BCUT2D eigenvalue weighted by molar-refractivity contribution is -0.0756. The predicted molar refractivity (Wildman–Crippen MR) is 89.1 cm³/mol. The first kappa shape index (κ1) is 16.5. The van der Waals surface area contributed by atoms with E-state index in [1.54, 1.807) is 0 Å². The highest BCUT2D eigenvalue weighted by molar-refractivity contribution is 5.16. The molecule has 0 aliphatic heterocycles. The highest BCUT2D eigenvalue weighted by Gasteiger charge is 2.36. The molecular formula is C19H31NO. The molecule has 1 aliphatic rings. The summed E-state index contributed by atoms with van der Waals surface area (Å²) in [4.78, 5) is 0. The predicted octanol–water partition coefficient (Wildman–Crippen LogP) is 4.55. The number of hydrogen-bond acceptors (Lipinski definition) is 2. The Kier molecular flexibility index (Phi) is 5.45. The fourth-order valence-corrected chi connectivity index (χ4v) is 3.48. The maximum Gasteiger partial charge on any atom is 0.0800 e. The number of ether oxygens (including phenoxy) is 1. The fourth-order valence-electron chi connectivity index (χ4n) is 3.48. The van der Waals surface area contributed by atoms with Gasteiger partial charge in [0, 0.05) is 0 Å². The third-order valence-electron chi connectivity index (χ3n) is 5.10. The summed E-state index contributed by atoms with van der Waals surface area (Å²) in [5.74, 6) is 1.24. The summed E-state index contributed by atoms with van der Waals surface area (Å²) in [5, 5.41) is 0. The van der Waals surface area contributed by atoms with Gasteiger partial charge in [-0.2, -0.15) is 0 Å². The smallest absolute Gasteiger partial charge is 0.0800 e. The lowest BCUT2D eigenvalue weighted by Gasteiger charge is -2.42. The minimum absolute atomic E-state index is 0.143. The molecule has 0 heterocycles. The van der Waals surface area contributed by atoms with Crippen LogP contribution in [0.4, 0.5) is 0 Å². The van der Waals surface area contributed by atoms with Crippen molar-refractivity contribution < 1.29 is 4.74 Å². The zero-order valence-corrected chi connectivity index (χ0v) is 14.0. The van der Waals surface area contributed by atoms with E-state index < -0.39 is 0 Å². The Morgan fingerprint density at radius 1 is 1.19 bits per heavy atom. The molecule has 0 spiro atoms. The van der Waals surface area contributed by atoms with Crippen LogP contribution < -0.4 is 5.73 Å². The lowest BCUT2D eigenvalue weighted by atomic mass is 9.68. The molecule has 4 atom stereocenters. The second-order valence-corrected chi connectivity index (χ2v) is 7.60. The van der Waals surface area contributed by atoms with Gasteiger partial charge in [0.05, 0.1) is 12.2 Å². The molecule has 1 aliphatic carbocycles.